The molecule has 0 fully saturated rings. The van der Waals surface area contributed by atoms with E-state index in [9.17, 15) is 0 Å². The van der Waals surface area contributed by atoms with E-state index in [0.29, 0.717) is 11.8 Å². The van der Waals surface area contributed by atoms with Crippen LogP contribution in [0.2, 0.25) is 0 Å². The van der Waals surface area contributed by atoms with Gasteiger partial charge in [0.05, 0.1) is 0 Å². The number of benzene rings is 4. The second-order valence-corrected chi connectivity index (χ2v) is 10.4. The lowest BCUT2D eigenvalue weighted by Gasteiger charge is -2.12. The van der Waals surface area contributed by atoms with Gasteiger partial charge >= 0.3 is 0 Å². The monoisotopic (exact) mass is 434 g/mol. The number of para-hydroxylation sites is 1. The van der Waals surface area contributed by atoms with Crippen molar-refractivity contribution in [3.63, 3.8) is 0 Å². The van der Waals surface area contributed by atoms with E-state index in [1.165, 1.54) is 47.6 Å². The summed E-state index contributed by atoms with van der Waals surface area (Å²) < 4.78 is 9.11. The third kappa shape index (κ3) is 3.13. The van der Waals surface area contributed by atoms with Crippen LogP contribution >= 0.6 is 11.3 Å². The van der Waals surface area contributed by atoms with Crippen LogP contribution in [0.4, 0.5) is 0 Å². The summed E-state index contributed by atoms with van der Waals surface area (Å²) >= 11 is 1.89. The Morgan fingerprint density at radius 2 is 1.50 bits per heavy atom. The van der Waals surface area contributed by atoms with E-state index in [-0.39, 0.29) is 0 Å². The third-order valence-electron chi connectivity index (χ3n) is 6.73. The molecule has 32 heavy (non-hydrogen) atoms. The van der Waals surface area contributed by atoms with Crippen molar-refractivity contribution in [3.05, 3.63) is 95.6 Å². The summed E-state index contributed by atoms with van der Waals surface area (Å²) in [6.07, 6.45) is 1.00. The number of thiophene rings is 1. The van der Waals surface area contributed by atoms with Crippen LogP contribution < -0.4 is 0 Å². The van der Waals surface area contributed by atoms with Gasteiger partial charge in [0.15, 0.2) is 0 Å². The Kier molecular flexibility index (Phi) is 4.58. The molecule has 0 aliphatic heterocycles. The predicted octanol–water partition coefficient (Wildman–Crippen LogP) is 9.42. The highest BCUT2D eigenvalue weighted by Crippen LogP contribution is 2.37. The molecule has 1 nitrogen and oxygen atoms in total. The van der Waals surface area contributed by atoms with Crippen molar-refractivity contribution in [2.45, 2.75) is 39.0 Å². The third-order valence-corrected chi connectivity index (χ3v) is 7.86. The number of hydrogen-bond acceptors (Lipinski definition) is 2. The summed E-state index contributed by atoms with van der Waals surface area (Å²) in [5.41, 5.74) is 6.04. The molecule has 6 aromatic rings. The summed E-state index contributed by atoms with van der Waals surface area (Å²) in [6, 6.07) is 29.0. The second kappa shape index (κ2) is 7.50. The molecule has 0 saturated carbocycles. The molecule has 0 bridgehead atoms. The summed E-state index contributed by atoms with van der Waals surface area (Å²) in [5, 5.41) is 5.17. The van der Waals surface area contributed by atoms with E-state index in [0.717, 1.165) is 17.6 Å². The summed E-state index contributed by atoms with van der Waals surface area (Å²) in [5.74, 6) is 0.889. The molecule has 1 unspecified atom stereocenters. The molecular formula is C30H26OS. The molecule has 158 valence electrons. The fraction of sp³-hybridized carbons (Fsp3) is 0.200. The van der Waals surface area contributed by atoms with Gasteiger partial charge in [-0.25, -0.2) is 0 Å². The van der Waals surface area contributed by atoms with Gasteiger partial charge in [0.2, 0.25) is 0 Å². The van der Waals surface area contributed by atoms with Crippen molar-refractivity contribution in [3.8, 4) is 0 Å². The SMILES string of the molecule is CC(C)c1cccc2c1oc1cc(CC(C)c3ccc4c(c3)sc3ccccc34)ccc12. The lowest BCUT2D eigenvalue weighted by Crippen LogP contribution is -1.98. The van der Waals surface area contributed by atoms with Crippen LogP contribution in [0.1, 0.15) is 49.3 Å². The lowest BCUT2D eigenvalue weighted by atomic mass is 9.92. The molecule has 0 N–H and O–H groups in total. The minimum atomic E-state index is 0.442. The lowest BCUT2D eigenvalue weighted by molar-refractivity contribution is 0.655. The first-order valence-corrected chi connectivity index (χ1v) is 12.3. The Hall–Kier alpha value is -3.10. The maximum absolute atomic E-state index is 6.37. The largest absolute Gasteiger partial charge is 0.456 e. The number of fused-ring (bicyclic) bond motifs is 6. The fourth-order valence-corrected chi connectivity index (χ4v) is 6.12. The van der Waals surface area contributed by atoms with E-state index < -0.39 is 0 Å². The summed E-state index contributed by atoms with van der Waals surface area (Å²) in [6.45, 7) is 6.78. The van der Waals surface area contributed by atoms with Crippen molar-refractivity contribution in [2.24, 2.45) is 0 Å². The van der Waals surface area contributed by atoms with Crippen molar-refractivity contribution >= 4 is 53.4 Å². The normalized spacial score (nSPS) is 13.1. The van der Waals surface area contributed by atoms with Gasteiger partial charge in [-0.05, 0) is 53.1 Å². The quantitative estimate of drug-likeness (QED) is 0.269. The molecule has 6 rings (SSSR count). The van der Waals surface area contributed by atoms with Gasteiger partial charge in [-0.2, -0.15) is 0 Å². The van der Waals surface area contributed by atoms with Crippen molar-refractivity contribution in [1.29, 1.82) is 0 Å². The maximum Gasteiger partial charge on any atom is 0.138 e. The number of furan rings is 1. The van der Waals surface area contributed by atoms with Crippen LogP contribution in [-0.4, -0.2) is 0 Å². The maximum atomic E-state index is 6.37. The Balaban J connectivity index is 1.35. The van der Waals surface area contributed by atoms with Crippen LogP contribution in [0.3, 0.4) is 0 Å². The minimum Gasteiger partial charge on any atom is -0.456 e. The first-order chi connectivity index (χ1) is 15.6. The first-order valence-electron chi connectivity index (χ1n) is 11.4. The zero-order valence-corrected chi connectivity index (χ0v) is 19.5. The van der Waals surface area contributed by atoms with E-state index in [1.54, 1.807) is 0 Å². The van der Waals surface area contributed by atoms with Crippen LogP contribution in [-0.2, 0) is 6.42 Å². The van der Waals surface area contributed by atoms with E-state index in [1.807, 2.05) is 11.3 Å². The molecule has 2 heteroatoms. The van der Waals surface area contributed by atoms with E-state index in [2.05, 4.69) is 99.6 Å². The molecule has 1 atom stereocenters. The van der Waals surface area contributed by atoms with Gasteiger partial charge in [-0.15, -0.1) is 11.3 Å². The Labute approximate surface area is 192 Å². The summed E-state index contributed by atoms with van der Waals surface area (Å²) in [4.78, 5) is 0. The van der Waals surface area contributed by atoms with Gasteiger partial charge in [-0.3, -0.25) is 0 Å². The second-order valence-electron chi connectivity index (χ2n) is 9.27. The molecule has 2 heterocycles. The fourth-order valence-electron chi connectivity index (χ4n) is 4.97. The van der Waals surface area contributed by atoms with Gasteiger partial charge in [0, 0.05) is 30.9 Å². The van der Waals surface area contributed by atoms with Crippen LogP contribution in [0, 0.1) is 0 Å². The smallest absolute Gasteiger partial charge is 0.138 e. The highest BCUT2D eigenvalue weighted by atomic mass is 32.1. The van der Waals surface area contributed by atoms with E-state index in [4.69, 9.17) is 4.42 Å². The van der Waals surface area contributed by atoms with Crippen molar-refractivity contribution in [2.75, 3.05) is 0 Å². The molecule has 2 aromatic heterocycles. The van der Waals surface area contributed by atoms with Gasteiger partial charge in [-0.1, -0.05) is 81.4 Å². The summed E-state index contributed by atoms with van der Waals surface area (Å²) in [7, 11) is 0. The van der Waals surface area contributed by atoms with Crippen LogP contribution in [0.25, 0.3) is 42.1 Å². The van der Waals surface area contributed by atoms with Crippen molar-refractivity contribution in [1.82, 2.24) is 0 Å². The highest BCUT2D eigenvalue weighted by molar-refractivity contribution is 7.25. The van der Waals surface area contributed by atoms with Crippen molar-refractivity contribution < 1.29 is 4.42 Å². The Bertz CT molecular complexity index is 1600. The number of rotatable bonds is 4. The standard InChI is InChI=1S/C30H26OS/c1-18(2)22-8-6-9-26-23-13-11-20(16-27(23)31-30(22)26)15-19(3)21-12-14-25-24-7-4-5-10-28(24)32-29(25)17-21/h4-14,16-19H,15H2,1-3H3. The molecule has 0 radical (unpaired) electrons. The number of hydrogen-bond donors (Lipinski definition) is 0. The van der Waals surface area contributed by atoms with Gasteiger partial charge in [0.1, 0.15) is 11.2 Å². The molecule has 0 aliphatic rings. The van der Waals surface area contributed by atoms with Gasteiger partial charge in [0.25, 0.3) is 0 Å². The molecular weight excluding hydrogens is 408 g/mol. The average Bonchev–Trinajstić information content (AvgIpc) is 3.35. The Morgan fingerprint density at radius 1 is 0.719 bits per heavy atom. The van der Waals surface area contributed by atoms with Crippen LogP contribution in [0.5, 0.6) is 0 Å². The average molecular weight is 435 g/mol. The minimum absolute atomic E-state index is 0.442. The molecule has 4 aromatic carbocycles. The molecule has 0 spiro atoms. The van der Waals surface area contributed by atoms with Crippen LogP contribution in [0.15, 0.2) is 83.3 Å². The zero-order valence-electron chi connectivity index (χ0n) is 18.7. The highest BCUT2D eigenvalue weighted by Gasteiger charge is 2.15. The first kappa shape index (κ1) is 19.6. The zero-order chi connectivity index (χ0) is 21.8. The van der Waals surface area contributed by atoms with E-state index >= 15 is 0 Å². The topological polar surface area (TPSA) is 13.1 Å². The van der Waals surface area contributed by atoms with Gasteiger partial charge < -0.3 is 4.42 Å². The Morgan fingerprint density at radius 3 is 2.38 bits per heavy atom. The molecule has 0 aliphatic carbocycles. The predicted molar refractivity (Wildman–Crippen MR) is 139 cm³/mol. The molecule has 0 amide bonds. The molecule has 0 saturated heterocycles.